The Kier molecular flexibility index (Phi) is 3.61. The highest BCUT2D eigenvalue weighted by atomic mass is 32.1. The molecular formula is C17H18N2S. The number of aromatic nitrogens is 1. The maximum atomic E-state index is 3.47. The summed E-state index contributed by atoms with van der Waals surface area (Å²) in [4.78, 5) is 0. The highest BCUT2D eigenvalue weighted by Gasteiger charge is 2.10. The molecule has 3 aromatic rings. The molecule has 0 aliphatic rings. The van der Waals surface area contributed by atoms with E-state index in [0.29, 0.717) is 0 Å². The molecule has 2 nitrogen and oxygen atoms in total. The summed E-state index contributed by atoms with van der Waals surface area (Å²) in [5.41, 5.74) is 6.34. The topological polar surface area (TPSA) is 17.0 Å². The van der Waals surface area contributed by atoms with E-state index >= 15 is 0 Å². The standard InChI is InChI=1S/C17H18N2S/c1-13-10-15(11-18-16-8-9-20-12-16)14(2)19(13)17-6-4-3-5-7-17/h3-10,12,18H,11H2,1-2H3. The normalized spacial score (nSPS) is 10.7. The fourth-order valence-corrected chi connectivity index (χ4v) is 3.16. The van der Waals surface area contributed by atoms with Gasteiger partial charge in [0.15, 0.2) is 0 Å². The van der Waals surface area contributed by atoms with Crippen LogP contribution < -0.4 is 5.32 Å². The lowest BCUT2D eigenvalue weighted by atomic mass is 10.2. The van der Waals surface area contributed by atoms with Crippen molar-refractivity contribution in [2.45, 2.75) is 20.4 Å². The van der Waals surface area contributed by atoms with Crippen molar-refractivity contribution in [3.05, 3.63) is 70.2 Å². The second kappa shape index (κ2) is 5.55. The molecule has 0 unspecified atom stereocenters. The third kappa shape index (κ3) is 2.49. The van der Waals surface area contributed by atoms with Gasteiger partial charge in [-0.15, -0.1) is 0 Å². The average molecular weight is 282 g/mol. The number of nitrogens with one attached hydrogen (secondary N) is 1. The predicted octanol–water partition coefficient (Wildman–Crippen LogP) is 4.77. The minimum atomic E-state index is 0.864. The average Bonchev–Trinajstić information content (AvgIpc) is 3.06. The maximum absolute atomic E-state index is 3.47. The molecule has 0 saturated heterocycles. The zero-order valence-electron chi connectivity index (χ0n) is 11.8. The van der Waals surface area contributed by atoms with Gasteiger partial charge in [0, 0.05) is 34.7 Å². The fraction of sp³-hybridized carbons (Fsp3) is 0.176. The van der Waals surface area contributed by atoms with Gasteiger partial charge in [0.05, 0.1) is 0 Å². The summed E-state index contributed by atoms with van der Waals surface area (Å²) < 4.78 is 2.31. The van der Waals surface area contributed by atoms with Crippen molar-refractivity contribution in [2.24, 2.45) is 0 Å². The smallest absolute Gasteiger partial charge is 0.0455 e. The van der Waals surface area contributed by atoms with E-state index in [1.807, 2.05) is 0 Å². The third-order valence-corrected chi connectivity index (χ3v) is 4.24. The second-order valence-corrected chi connectivity index (χ2v) is 5.71. The lowest BCUT2D eigenvalue weighted by Crippen LogP contribution is -2.02. The van der Waals surface area contributed by atoms with E-state index in [1.54, 1.807) is 11.3 Å². The van der Waals surface area contributed by atoms with Gasteiger partial charge in [-0.2, -0.15) is 11.3 Å². The van der Waals surface area contributed by atoms with Gasteiger partial charge in [0.2, 0.25) is 0 Å². The summed E-state index contributed by atoms with van der Waals surface area (Å²) in [5.74, 6) is 0. The molecule has 0 radical (unpaired) electrons. The quantitative estimate of drug-likeness (QED) is 0.729. The van der Waals surface area contributed by atoms with Gasteiger partial charge in [-0.3, -0.25) is 0 Å². The first-order valence-electron chi connectivity index (χ1n) is 6.75. The SMILES string of the molecule is Cc1cc(CNc2ccsc2)c(C)n1-c1ccccc1. The number of hydrogen-bond acceptors (Lipinski definition) is 2. The predicted molar refractivity (Wildman–Crippen MR) is 86.9 cm³/mol. The van der Waals surface area contributed by atoms with Crippen molar-refractivity contribution >= 4 is 17.0 Å². The zero-order valence-corrected chi connectivity index (χ0v) is 12.6. The molecule has 20 heavy (non-hydrogen) atoms. The molecule has 0 fully saturated rings. The van der Waals surface area contributed by atoms with Gasteiger partial charge in [0.1, 0.15) is 0 Å². The van der Waals surface area contributed by atoms with Crippen LogP contribution in [0.4, 0.5) is 5.69 Å². The molecule has 2 heterocycles. The Morgan fingerprint density at radius 2 is 1.90 bits per heavy atom. The van der Waals surface area contributed by atoms with Crippen molar-refractivity contribution < 1.29 is 0 Å². The van der Waals surface area contributed by atoms with Crippen LogP contribution in [0, 0.1) is 13.8 Å². The van der Waals surface area contributed by atoms with Gasteiger partial charge in [-0.05, 0) is 49.1 Å². The van der Waals surface area contributed by atoms with Gasteiger partial charge >= 0.3 is 0 Å². The number of benzene rings is 1. The Morgan fingerprint density at radius 3 is 2.60 bits per heavy atom. The molecule has 3 heteroatoms. The van der Waals surface area contributed by atoms with Crippen molar-refractivity contribution in [2.75, 3.05) is 5.32 Å². The van der Waals surface area contributed by atoms with Crippen LogP contribution in [0.15, 0.2) is 53.2 Å². The van der Waals surface area contributed by atoms with Gasteiger partial charge in [0.25, 0.3) is 0 Å². The van der Waals surface area contributed by atoms with Crippen LogP contribution >= 0.6 is 11.3 Å². The van der Waals surface area contributed by atoms with E-state index in [1.165, 1.54) is 28.3 Å². The van der Waals surface area contributed by atoms with Crippen LogP contribution in [-0.2, 0) is 6.54 Å². The number of anilines is 1. The number of aryl methyl sites for hydroxylation is 1. The summed E-state index contributed by atoms with van der Waals surface area (Å²) in [6.45, 7) is 5.21. The van der Waals surface area contributed by atoms with E-state index in [0.717, 1.165) is 6.54 Å². The van der Waals surface area contributed by atoms with Crippen LogP contribution in [0.25, 0.3) is 5.69 Å². The summed E-state index contributed by atoms with van der Waals surface area (Å²) in [6.07, 6.45) is 0. The molecule has 0 aliphatic heterocycles. The summed E-state index contributed by atoms with van der Waals surface area (Å²) in [5, 5.41) is 7.70. The fourth-order valence-electron chi connectivity index (χ4n) is 2.54. The molecule has 1 N–H and O–H groups in total. The van der Waals surface area contributed by atoms with Crippen molar-refractivity contribution in [1.29, 1.82) is 0 Å². The zero-order chi connectivity index (χ0) is 13.9. The monoisotopic (exact) mass is 282 g/mol. The van der Waals surface area contributed by atoms with E-state index in [-0.39, 0.29) is 0 Å². The lowest BCUT2D eigenvalue weighted by Gasteiger charge is -2.10. The minimum absolute atomic E-state index is 0.864. The second-order valence-electron chi connectivity index (χ2n) is 4.93. The Bertz CT molecular complexity index is 681. The van der Waals surface area contributed by atoms with Crippen LogP contribution in [0.2, 0.25) is 0 Å². The minimum Gasteiger partial charge on any atom is -0.380 e. The molecule has 0 spiro atoms. The van der Waals surface area contributed by atoms with Gasteiger partial charge in [-0.25, -0.2) is 0 Å². The number of rotatable bonds is 4. The highest BCUT2D eigenvalue weighted by Crippen LogP contribution is 2.22. The van der Waals surface area contributed by atoms with Crippen molar-refractivity contribution in [3.63, 3.8) is 0 Å². The molecule has 3 rings (SSSR count). The molecule has 0 amide bonds. The van der Waals surface area contributed by atoms with E-state index in [2.05, 4.69) is 77.0 Å². The van der Waals surface area contributed by atoms with Gasteiger partial charge < -0.3 is 9.88 Å². The first kappa shape index (κ1) is 13.0. The lowest BCUT2D eigenvalue weighted by molar-refractivity contribution is 0.951. The molecule has 0 saturated carbocycles. The van der Waals surface area contributed by atoms with E-state index < -0.39 is 0 Å². The van der Waals surface area contributed by atoms with Crippen molar-refractivity contribution in [1.82, 2.24) is 4.57 Å². The van der Waals surface area contributed by atoms with Crippen LogP contribution in [0.5, 0.6) is 0 Å². The molecule has 102 valence electrons. The number of hydrogen-bond donors (Lipinski definition) is 1. The van der Waals surface area contributed by atoms with Crippen LogP contribution in [0.1, 0.15) is 17.0 Å². The third-order valence-electron chi connectivity index (χ3n) is 3.55. The summed E-state index contributed by atoms with van der Waals surface area (Å²) in [7, 11) is 0. The summed E-state index contributed by atoms with van der Waals surface area (Å²) in [6, 6.07) is 14.9. The molecule has 0 aliphatic carbocycles. The first-order valence-corrected chi connectivity index (χ1v) is 7.69. The van der Waals surface area contributed by atoms with Crippen molar-refractivity contribution in [3.8, 4) is 5.69 Å². The van der Waals surface area contributed by atoms with Crippen LogP contribution in [-0.4, -0.2) is 4.57 Å². The Balaban J connectivity index is 1.87. The van der Waals surface area contributed by atoms with E-state index in [9.17, 15) is 0 Å². The maximum Gasteiger partial charge on any atom is 0.0455 e. The van der Waals surface area contributed by atoms with Gasteiger partial charge in [-0.1, -0.05) is 18.2 Å². The Labute approximate surface area is 123 Å². The molecule has 2 aromatic heterocycles. The first-order chi connectivity index (χ1) is 9.75. The Hall–Kier alpha value is -2.00. The number of para-hydroxylation sites is 1. The van der Waals surface area contributed by atoms with Crippen LogP contribution in [0.3, 0.4) is 0 Å². The largest absolute Gasteiger partial charge is 0.380 e. The highest BCUT2D eigenvalue weighted by molar-refractivity contribution is 7.08. The number of nitrogens with zero attached hydrogens (tertiary/aromatic N) is 1. The Morgan fingerprint density at radius 1 is 1.10 bits per heavy atom. The van der Waals surface area contributed by atoms with E-state index in [4.69, 9.17) is 0 Å². The molecule has 0 atom stereocenters. The molecule has 0 bridgehead atoms. The molecular weight excluding hydrogens is 264 g/mol. The summed E-state index contributed by atoms with van der Waals surface area (Å²) >= 11 is 1.72. The number of thiophene rings is 1. The molecule has 1 aromatic carbocycles.